The number of aromatic nitrogens is 3. The molecular formula is C29H50N4O6Si2. The number of carbonyl (C=O) groups excluding carboxylic acids is 1. The fraction of sp³-hybridized carbons (Fsp3) is 0.759. The molecule has 0 N–H and O–H groups in total. The number of hydrogen-bond acceptors (Lipinski definition) is 9. The van der Waals surface area contributed by atoms with E-state index in [2.05, 4.69) is 55.4 Å². The zero-order valence-corrected chi connectivity index (χ0v) is 28.4. The van der Waals surface area contributed by atoms with Gasteiger partial charge in [-0.1, -0.05) is 39.3 Å². The van der Waals surface area contributed by atoms with Crippen molar-refractivity contribution in [3.05, 3.63) is 24.2 Å². The van der Waals surface area contributed by atoms with Gasteiger partial charge in [0.15, 0.2) is 11.6 Å². The Morgan fingerprint density at radius 2 is 1.68 bits per heavy atom. The maximum absolute atomic E-state index is 12.5. The Labute approximate surface area is 247 Å². The molecule has 1 saturated heterocycles. The molecule has 1 aliphatic heterocycles. The smallest absolute Gasteiger partial charge is 0.163 e. The van der Waals surface area contributed by atoms with Crippen LogP contribution in [0.4, 0.5) is 5.82 Å². The maximum atomic E-state index is 12.5. The molecular weight excluding hydrogens is 557 g/mol. The predicted octanol–water partition coefficient (Wildman–Crippen LogP) is 5.00. The molecule has 0 bridgehead atoms. The van der Waals surface area contributed by atoms with Crippen molar-refractivity contribution in [1.82, 2.24) is 14.6 Å². The van der Waals surface area contributed by atoms with Crippen LogP contribution in [-0.4, -0.2) is 95.4 Å². The van der Waals surface area contributed by atoms with Crippen LogP contribution in [0.1, 0.15) is 31.9 Å². The molecule has 4 rings (SSSR count). The summed E-state index contributed by atoms with van der Waals surface area (Å²) in [6.45, 7) is 20.3. The van der Waals surface area contributed by atoms with Crippen molar-refractivity contribution < 1.29 is 28.5 Å². The molecule has 3 heterocycles. The second kappa shape index (κ2) is 12.5. The van der Waals surface area contributed by atoms with E-state index in [0.29, 0.717) is 33.1 Å². The molecule has 10 nitrogen and oxygen atoms in total. The topological polar surface area (TPSA) is 96.7 Å². The molecule has 4 atom stereocenters. The normalized spacial score (nSPS) is 26.0. The minimum atomic E-state index is -1.21. The lowest BCUT2D eigenvalue weighted by atomic mass is 9.85. The van der Waals surface area contributed by atoms with Gasteiger partial charge in [0.05, 0.1) is 18.1 Å². The lowest BCUT2D eigenvalue weighted by molar-refractivity contribution is -0.171. The van der Waals surface area contributed by atoms with Crippen molar-refractivity contribution in [2.24, 2.45) is 5.41 Å². The van der Waals surface area contributed by atoms with E-state index in [9.17, 15) is 4.79 Å². The molecule has 2 aromatic heterocycles. The first-order valence-electron chi connectivity index (χ1n) is 14.7. The lowest BCUT2D eigenvalue weighted by Crippen LogP contribution is -2.40. The van der Waals surface area contributed by atoms with Gasteiger partial charge < -0.3 is 33.4 Å². The molecule has 230 valence electrons. The van der Waals surface area contributed by atoms with Gasteiger partial charge in [-0.25, -0.2) is 9.50 Å². The average molecular weight is 607 g/mol. The first-order valence-corrected chi connectivity index (χ1v) is 22.1. The van der Waals surface area contributed by atoms with Gasteiger partial charge in [0.2, 0.25) is 0 Å². The highest BCUT2D eigenvalue weighted by Gasteiger charge is 2.62. The fourth-order valence-corrected chi connectivity index (χ4v) is 7.25. The summed E-state index contributed by atoms with van der Waals surface area (Å²) < 4.78 is 32.4. The van der Waals surface area contributed by atoms with E-state index in [0.717, 1.165) is 35.4 Å². The number of anilines is 1. The zero-order chi connectivity index (χ0) is 30.1. The van der Waals surface area contributed by atoms with E-state index < -0.39 is 33.5 Å². The van der Waals surface area contributed by atoms with Gasteiger partial charge in [-0.3, -0.25) is 0 Å². The Kier molecular flexibility index (Phi) is 9.84. The Morgan fingerprint density at radius 3 is 2.24 bits per heavy atom. The van der Waals surface area contributed by atoms with Crippen LogP contribution in [0.5, 0.6) is 0 Å². The molecule has 0 radical (unpaired) electrons. The van der Waals surface area contributed by atoms with Crippen molar-refractivity contribution in [3.63, 3.8) is 0 Å². The van der Waals surface area contributed by atoms with Gasteiger partial charge in [0.25, 0.3) is 0 Å². The number of carbonyl (C=O) groups is 1. The van der Waals surface area contributed by atoms with Crippen LogP contribution in [0.25, 0.3) is 5.52 Å². The van der Waals surface area contributed by atoms with Crippen LogP contribution in [0.2, 0.25) is 51.4 Å². The van der Waals surface area contributed by atoms with Crippen molar-refractivity contribution in [1.29, 1.82) is 0 Å². The zero-order valence-electron chi connectivity index (χ0n) is 26.4. The summed E-state index contributed by atoms with van der Waals surface area (Å²) in [5.41, 5.74) is 1.02. The summed E-state index contributed by atoms with van der Waals surface area (Å²) >= 11 is 0. The highest BCUT2D eigenvalue weighted by atomic mass is 28.3. The van der Waals surface area contributed by atoms with Gasteiger partial charge in [0.1, 0.15) is 37.7 Å². The van der Waals surface area contributed by atoms with E-state index in [1.807, 2.05) is 29.3 Å². The van der Waals surface area contributed by atoms with E-state index in [4.69, 9.17) is 23.7 Å². The van der Waals surface area contributed by atoms with Crippen molar-refractivity contribution >= 4 is 33.8 Å². The Hall–Kier alpha value is -1.68. The standard InChI is InChI=1S/C29H50N4O6Si2/c1-28(2)38-25-22(16-29(17-34,18-35-3)26(25)39-28)23-10-11-24-27(30-19-31-33(23)24)32(20-36-12-14-40(4,5)6)21-37-13-15-41(7,8)9/h10-11,17,19,22,25-26H,12-16,18,20-21H2,1-9H3/t22-,25-,26-,29+/m0/s1. The molecule has 1 aliphatic carbocycles. The summed E-state index contributed by atoms with van der Waals surface area (Å²) in [4.78, 5) is 19.2. The summed E-state index contributed by atoms with van der Waals surface area (Å²) in [5.74, 6) is -0.147. The molecule has 0 aromatic carbocycles. The van der Waals surface area contributed by atoms with Crippen LogP contribution < -0.4 is 4.90 Å². The molecule has 1 saturated carbocycles. The predicted molar refractivity (Wildman–Crippen MR) is 165 cm³/mol. The highest BCUT2D eigenvalue weighted by molar-refractivity contribution is 6.76. The van der Waals surface area contributed by atoms with Crippen LogP contribution in [0, 0.1) is 5.41 Å². The van der Waals surface area contributed by atoms with Crippen molar-refractivity contribution in [3.8, 4) is 0 Å². The largest absolute Gasteiger partial charge is 0.384 e. The number of ether oxygens (including phenoxy) is 5. The first kappa shape index (κ1) is 32.2. The monoisotopic (exact) mass is 606 g/mol. The van der Waals surface area contributed by atoms with E-state index in [-0.39, 0.29) is 18.6 Å². The van der Waals surface area contributed by atoms with Crippen molar-refractivity contribution in [2.45, 2.75) is 95.6 Å². The molecule has 2 aliphatic rings. The molecule has 2 aromatic rings. The van der Waals surface area contributed by atoms with Crippen LogP contribution in [0.15, 0.2) is 18.5 Å². The lowest BCUT2D eigenvalue weighted by Gasteiger charge is -2.29. The van der Waals surface area contributed by atoms with E-state index in [1.165, 1.54) is 0 Å². The highest BCUT2D eigenvalue weighted by Crippen LogP contribution is 2.54. The number of methoxy groups -OCH3 is 1. The molecule has 41 heavy (non-hydrogen) atoms. The molecule has 0 amide bonds. The maximum Gasteiger partial charge on any atom is 0.163 e. The SMILES string of the molecule is COC[C@]1(C=O)C[C@@H](c2ccc3c(N(COCC[Si](C)(C)C)COCC[Si](C)(C)C)ncnn23)[C@@H]2OC(C)(C)O[C@@H]21. The molecule has 12 heteroatoms. The third-order valence-corrected chi connectivity index (χ3v) is 11.4. The van der Waals surface area contributed by atoms with Crippen molar-refractivity contribution in [2.75, 3.05) is 45.3 Å². The number of aldehydes is 1. The molecule has 2 fully saturated rings. The molecule has 0 unspecified atom stereocenters. The molecule has 0 spiro atoms. The number of hydrogen-bond donors (Lipinski definition) is 0. The Balaban J connectivity index is 1.62. The minimum Gasteiger partial charge on any atom is -0.384 e. The summed E-state index contributed by atoms with van der Waals surface area (Å²) in [6.07, 6.45) is 2.42. The summed E-state index contributed by atoms with van der Waals surface area (Å²) in [7, 11) is -0.811. The second-order valence-corrected chi connectivity index (χ2v) is 25.7. The fourth-order valence-electron chi connectivity index (χ4n) is 5.73. The second-order valence-electron chi connectivity index (χ2n) is 14.5. The van der Waals surface area contributed by atoms with E-state index >= 15 is 0 Å². The number of nitrogens with zero attached hydrogens (tertiary/aromatic N) is 4. The summed E-state index contributed by atoms with van der Waals surface area (Å²) in [5, 5.41) is 4.65. The first-order chi connectivity index (χ1) is 19.2. The Morgan fingerprint density at radius 1 is 1.05 bits per heavy atom. The van der Waals surface area contributed by atoms with E-state index in [1.54, 1.807) is 13.4 Å². The van der Waals surface area contributed by atoms with Crippen LogP contribution in [0.3, 0.4) is 0 Å². The third kappa shape index (κ3) is 7.65. The van der Waals surface area contributed by atoms with Gasteiger partial charge >= 0.3 is 0 Å². The van der Waals surface area contributed by atoms with Gasteiger partial charge in [-0.05, 0) is 44.5 Å². The number of fused-ring (bicyclic) bond motifs is 2. The van der Waals surface area contributed by atoms with Crippen LogP contribution in [-0.2, 0) is 28.5 Å². The quantitative estimate of drug-likeness (QED) is 0.120. The van der Waals surface area contributed by atoms with Crippen LogP contribution >= 0.6 is 0 Å². The van der Waals surface area contributed by atoms with Gasteiger partial charge in [0, 0.05) is 48.1 Å². The Bertz CT molecular complexity index is 1160. The minimum absolute atomic E-state index is 0.109. The van der Waals surface area contributed by atoms with Gasteiger partial charge in [-0.15, -0.1) is 0 Å². The average Bonchev–Trinajstić information content (AvgIpc) is 3.52. The number of rotatable bonds is 15. The third-order valence-electron chi connectivity index (χ3n) is 7.97. The van der Waals surface area contributed by atoms with Gasteiger partial charge in [-0.2, -0.15) is 5.10 Å². The summed E-state index contributed by atoms with van der Waals surface area (Å²) in [6, 6.07) is 6.28.